The van der Waals surface area contributed by atoms with E-state index >= 15 is 0 Å². The van der Waals surface area contributed by atoms with Crippen LogP contribution in [0.2, 0.25) is 0 Å². The Bertz CT molecular complexity index is 197. The van der Waals surface area contributed by atoms with E-state index < -0.39 is 12.1 Å². The molecule has 1 fully saturated rings. The average Bonchev–Trinajstić information content (AvgIpc) is 2.29. The normalized spacial score (nSPS) is 19.6. The smallest absolute Gasteiger partial charge is 0.332 e. The number of hydrogen-bond acceptors (Lipinski definition) is 2. The maximum atomic E-state index is 11.0. The highest BCUT2D eigenvalue weighted by Gasteiger charge is 2.23. The van der Waals surface area contributed by atoms with E-state index in [0.29, 0.717) is 6.42 Å². The van der Waals surface area contributed by atoms with Crippen LogP contribution in [0.4, 0.5) is 0 Å². The van der Waals surface area contributed by atoms with Crippen LogP contribution in [0.15, 0.2) is 0 Å². The SMILES string of the molecule is CCCCCC(OC1CCCCC1)C(=O)O. The number of carboxylic acid groups (broad SMARTS) is 1. The van der Waals surface area contributed by atoms with Crippen LogP contribution >= 0.6 is 0 Å². The van der Waals surface area contributed by atoms with E-state index in [0.717, 1.165) is 32.1 Å². The van der Waals surface area contributed by atoms with Gasteiger partial charge in [-0.2, -0.15) is 0 Å². The highest BCUT2D eigenvalue weighted by atomic mass is 16.5. The zero-order valence-electron chi connectivity index (χ0n) is 10.3. The van der Waals surface area contributed by atoms with Crippen molar-refractivity contribution in [2.75, 3.05) is 0 Å². The molecule has 1 aliphatic rings. The van der Waals surface area contributed by atoms with Gasteiger partial charge in [-0.3, -0.25) is 0 Å². The van der Waals surface area contributed by atoms with Crippen LogP contribution in [0.1, 0.15) is 64.7 Å². The van der Waals surface area contributed by atoms with E-state index in [1.54, 1.807) is 0 Å². The fourth-order valence-electron chi connectivity index (χ4n) is 2.26. The van der Waals surface area contributed by atoms with Crippen LogP contribution in [0.3, 0.4) is 0 Å². The van der Waals surface area contributed by atoms with E-state index in [1.165, 1.54) is 19.3 Å². The Morgan fingerprint density at radius 2 is 2.00 bits per heavy atom. The van der Waals surface area contributed by atoms with Gasteiger partial charge in [0.05, 0.1) is 6.10 Å². The van der Waals surface area contributed by atoms with Crippen molar-refractivity contribution in [3.8, 4) is 0 Å². The fraction of sp³-hybridized carbons (Fsp3) is 0.923. The zero-order valence-corrected chi connectivity index (χ0v) is 10.3. The summed E-state index contributed by atoms with van der Waals surface area (Å²) in [4.78, 5) is 11.0. The van der Waals surface area contributed by atoms with Crippen molar-refractivity contribution in [1.29, 1.82) is 0 Å². The molecule has 94 valence electrons. The van der Waals surface area contributed by atoms with E-state index in [1.807, 2.05) is 0 Å². The predicted molar refractivity (Wildman–Crippen MR) is 63.5 cm³/mol. The minimum atomic E-state index is -0.790. The molecule has 1 aliphatic carbocycles. The number of hydrogen-bond donors (Lipinski definition) is 1. The molecule has 0 heterocycles. The molecular formula is C13H24O3. The van der Waals surface area contributed by atoms with Gasteiger partial charge in [-0.1, -0.05) is 45.4 Å². The molecule has 1 saturated carbocycles. The summed E-state index contributed by atoms with van der Waals surface area (Å²) in [7, 11) is 0. The van der Waals surface area contributed by atoms with Crippen LogP contribution in [-0.4, -0.2) is 23.3 Å². The monoisotopic (exact) mass is 228 g/mol. The lowest BCUT2D eigenvalue weighted by atomic mass is 9.97. The quantitative estimate of drug-likeness (QED) is 0.679. The van der Waals surface area contributed by atoms with Gasteiger partial charge in [-0.05, 0) is 19.3 Å². The molecule has 3 heteroatoms. The second-order valence-corrected chi connectivity index (χ2v) is 4.72. The van der Waals surface area contributed by atoms with Crippen molar-refractivity contribution in [2.24, 2.45) is 0 Å². The Morgan fingerprint density at radius 3 is 2.56 bits per heavy atom. The fourth-order valence-corrected chi connectivity index (χ4v) is 2.26. The van der Waals surface area contributed by atoms with Crippen molar-refractivity contribution in [1.82, 2.24) is 0 Å². The Kier molecular flexibility index (Phi) is 6.46. The molecule has 1 N–H and O–H groups in total. The summed E-state index contributed by atoms with van der Waals surface area (Å²) in [5.74, 6) is -0.790. The van der Waals surface area contributed by atoms with Crippen LogP contribution < -0.4 is 0 Å². The van der Waals surface area contributed by atoms with Gasteiger partial charge >= 0.3 is 5.97 Å². The minimum absolute atomic E-state index is 0.191. The third-order valence-electron chi connectivity index (χ3n) is 3.25. The van der Waals surface area contributed by atoms with E-state index in [9.17, 15) is 4.79 Å². The number of ether oxygens (including phenoxy) is 1. The number of carboxylic acids is 1. The predicted octanol–water partition coefficient (Wildman–Crippen LogP) is 3.37. The molecule has 0 saturated heterocycles. The Morgan fingerprint density at radius 1 is 1.31 bits per heavy atom. The molecule has 0 aromatic rings. The number of aliphatic carboxylic acids is 1. The average molecular weight is 228 g/mol. The van der Waals surface area contributed by atoms with Crippen molar-refractivity contribution in [2.45, 2.75) is 76.9 Å². The van der Waals surface area contributed by atoms with Gasteiger partial charge in [0, 0.05) is 0 Å². The Labute approximate surface area is 98.2 Å². The van der Waals surface area contributed by atoms with Crippen molar-refractivity contribution in [3.05, 3.63) is 0 Å². The third kappa shape index (κ3) is 4.97. The molecule has 0 aromatic carbocycles. The zero-order chi connectivity index (χ0) is 11.8. The maximum absolute atomic E-state index is 11.0. The second-order valence-electron chi connectivity index (χ2n) is 4.72. The van der Waals surface area contributed by atoms with Gasteiger partial charge in [0.15, 0.2) is 6.10 Å². The molecule has 16 heavy (non-hydrogen) atoms. The first-order chi connectivity index (χ1) is 7.74. The molecule has 0 spiro atoms. The lowest BCUT2D eigenvalue weighted by molar-refractivity contribution is -0.156. The summed E-state index contributed by atoms with van der Waals surface area (Å²) in [6.45, 7) is 2.12. The largest absolute Gasteiger partial charge is 0.479 e. The topological polar surface area (TPSA) is 46.5 Å². The van der Waals surface area contributed by atoms with Crippen LogP contribution in [-0.2, 0) is 9.53 Å². The summed E-state index contributed by atoms with van der Waals surface area (Å²) in [6, 6.07) is 0. The molecule has 0 bridgehead atoms. The first-order valence-corrected chi connectivity index (χ1v) is 6.62. The number of carbonyl (C=O) groups is 1. The molecule has 0 aromatic heterocycles. The maximum Gasteiger partial charge on any atom is 0.332 e. The first kappa shape index (κ1) is 13.5. The third-order valence-corrected chi connectivity index (χ3v) is 3.25. The van der Waals surface area contributed by atoms with E-state index in [2.05, 4.69) is 6.92 Å². The first-order valence-electron chi connectivity index (χ1n) is 6.62. The molecule has 0 radical (unpaired) electrons. The summed E-state index contributed by atoms with van der Waals surface area (Å²) < 4.78 is 5.70. The Hall–Kier alpha value is -0.570. The highest BCUT2D eigenvalue weighted by molar-refractivity contribution is 5.72. The van der Waals surface area contributed by atoms with Gasteiger partial charge < -0.3 is 9.84 Å². The van der Waals surface area contributed by atoms with Gasteiger partial charge in [0.2, 0.25) is 0 Å². The van der Waals surface area contributed by atoms with Crippen molar-refractivity contribution in [3.63, 3.8) is 0 Å². The molecule has 1 unspecified atom stereocenters. The van der Waals surface area contributed by atoms with Crippen LogP contribution in [0.25, 0.3) is 0 Å². The van der Waals surface area contributed by atoms with E-state index in [4.69, 9.17) is 9.84 Å². The van der Waals surface area contributed by atoms with E-state index in [-0.39, 0.29) is 6.10 Å². The van der Waals surface area contributed by atoms with Crippen molar-refractivity contribution < 1.29 is 14.6 Å². The Balaban J connectivity index is 2.28. The molecule has 1 atom stereocenters. The van der Waals surface area contributed by atoms with Gasteiger partial charge in [0.25, 0.3) is 0 Å². The molecule has 1 rings (SSSR count). The summed E-state index contributed by atoms with van der Waals surface area (Å²) in [5, 5.41) is 9.08. The lowest BCUT2D eigenvalue weighted by Crippen LogP contribution is -2.30. The van der Waals surface area contributed by atoms with Crippen LogP contribution in [0.5, 0.6) is 0 Å². The summed E-state index contributed by atoms with van der Waals surface area (Å²) in [6.07, 6.45) is 9.18. The second kappa shape index (κ2) is 7.66. The molecule has 0 amide bonds. The molecular weight excluding hydrogens is 204 g/mol. The van der Waals surface area contributed by atoms with Crippen molar-refractivity contribution >= 4 is 5.97 Å². The number of rotatable bonds is 7. The number of unbranched alkanes of at least 4 members (excludes halogenated alkanes) is 2. The molecule has 3 nitrogen and oxygen atoms in total. The van der Waals surface area contributed by atoms with Gasteiger partial charge in [-0.25, -0.2) is 4.79 Å². The standard InChI is InChI=1S/C13H24O3/c1-2-3-5-10-12(13(14)15)16-11-8-6-4-7-9-11/h11-12H,2-10H2,1H3,(H,14,15). The highest BCUT2D eigenvalue weighted by Crippen LogP contribution is 2.22. The minimum Gasteiger partial charge on any atom is -0.479 e. The lowest BCUT2D eigenvalue weighted by Gasteiger charge is -2.25. The van der Waals surface area contributed by atoms with Gasteiger partial charge in [-0.15, -0.1) is 0 Å². The molecule has 0 aliphatic heterocycles. The summed E-state index contributed by atoms with van der Waals surface area (Å²) >= 11 is 0. The van der Waals surface area contributed by atoms with Crippen LogP contribution in [0, 0.1) is 0 Å². The van der Waals surface area contributed by atoms with Gasteiger partial charge in [0.1, 0.15) is 0 Å². The summed E-state index contributed by atoms with van der Waals surface area (Å²) in [5.41, 5.74) is 0.